The van der Waals surface area contributed by atoms with E-state index in [1.54, 1.807) is 0 Å². The van der Waals surface area contributed by atoms with Crippen LogP contribution in [0.2, 0.25) is 25.2 Å². The van der Waals surface area contributed by atoms with E-state index < -0.39 is 31.6 Å². The fourth-order valence-corrected chi connectivity index (χ4v) is 4.01. The molecule has 0 aliphatic heterocycles. The zero-order chi connectivity index (χ0) is 15.3. The lowest BCUT2D eigenvalue weighted by atomic mass is 10.2. The van der Waals surface area contributed by atoms with Crippen LogP contribution in [0.25, 0.3) is 0 Å². The van der Waals surface area contributed by atoms with Gasteiger partial charge in [0.15, 0.2) is 0 Å². The van der Waals surface area contributed by atoms with Gasteiger partial charge in [0.2, 0.25) is 0 Å². The standard InChI is InChI=1S/C14H21NO4Si/c1-20(2,3)12(11(15)13(16)17)14(18)19-9-10-7-5-4-6-8-10/h4-8,11-12H,9,15H2,1-3H3,(H,16,17). The number of hydrogen-bond donors (Lipinski definition) is 2. The summed E-state index contributed by atoms with van der Waals surface area (Å²) in [6, 6.07) is 8.04. The molecule has 0 radical (unpaired) electrons. The van der Waals surface area contributed by atoms with Crippen molar-refractivity contribution in [1.82, 2.24) is 0 Å². The van der Waals surface area contributed by atoms with Crippen molar-refractivity contribution in [2.24, 2.45) is 5.73 Å². The van der Waals surface area contributed by atoms with Crippen LogP contribution in [0, 0.1) is 0 Å². The molecule has 110 valence electrons. The number of nitrogens with two attached hydrogens (primary N) is 1. The van der Waals surface area contributed by atoms with Gasteiger partial charge in [-0.25, -0.2) is 0 Å². The average molecular weight is 295 g/mol. The third-order valence-electron chi connectivity index (χ3n) is 3.06. The van der Waals surface area contributed by atoms with Gasteiger partial charge in [0.05, 0.1) is 13.6 Å². The normalized spacial score (nSPS) is 14.4. The Morgan fingerprint density at radius 2 is 1.80 bits per heavy atom. The smallest absolute Gasteiger partial charge is 0.321 e. The highest BCUT2D eigenvalue weighted by molar-refractivity contribution is 6.80. The predicted octanol–water partition coefficient (Wildman–Crippen LogP) is 1.85. The molecule has 0 bridgehead atoms. The number of ether oxygens (including phenoxy) is 1. The summed E-state index contributed by atoms with van der Waals surface area (Å²) in [5, 5.41) is 9.04. The molecule has 0 fully saturated rings. The largest absolute Gasteiger partial charge is 0.480 e. The number of rotatable bonds is 6. The van der Waals surface area contributed by atoms with E-state index in [-0.39, 0.29) is 6.61 Å². The number of carboxylic acids is 1. The number of carbonyl (C=O) groups excluding carboxylic acids is 1. The maximum Gasteiger partial charge on any atom is 0.321 e. The van der Waals surface area contributed by atoms with Crippen molar-refractivity contribution in [2.45, 2.75) is 37.8 Å². The summed E-state index contributed by atoms with van der Waals surface area (Å²) in [5.41, 5.74) is 5.75. The number of aliphatic carboxylic acids is 1. The van der Waals surface area contributed by atoms with Gasteiger partial charge < -0.3 is 15.6 Å². The van der Waals surface area contributed by atoms with Crippen LogP contribution in [0.1, 0.15) is 5.56 Å². The molecule has 0 aliphatic rings. The molecule has 0 heterocycles. The highest BCUT2D eigenvalue weighted by Gasteiger charge is 2.42. The summed E-state index contributed by atoms with van der Waals surface area (Å²) in [4.78, 5) is 23.2. The van der Waals surface area contributed by atoms with Gasteiger partial charge in [-0.3, -0.25) is 9.59 Å². The molecular formula is C14H21NO4Si. The van der Waals surface area contributed by atoms with Crippen molar-refractivity contribution in [3.8, 4) is 0 Å². The minimum absolute atomic E-state index is 0.132. The predicted molar refractivity (Wildman–Crippen MR) is 78.9 cm³/mol. The van der Waals surface area contributed by atoms with Crippen LogP contribution in [0.3, 0.4) is 0 Å². The second-order valence-electron chi connectivity index (χ2n) is 5.80. The molecule has 6 heteroatoms. The molecule has 2 unspecified atom stereocenters. The van der Waals surface area contributed by atoms with Crippen LogP contribution >= 0.6 is 0 Å². The molecular weight excluding hydrogens is 274 g/mol. The first-order valence-electron chi connectivity index (χ1n) is 6.42. The third-order valence-corrected chi connectivity index (χ3v) is 5.52. The Balaban J connectivity index is 2.77. The van der Waals surface area contributed by atoms with Gasteiger partial charge >= 0.3 is 11.9 Å². The van der Waals surface area contributed by atoms with Gasteiger partial charge in [0, 0.05) is 0 Å². The first-order chi connectivity index (χ1) is 9.23. The Morgan fingerprint density at radius 1 is 1.25 bits per heavy atom. The van der Waals surface area contributed by atoms with E-state index in [4.69, 9.17) is 15.6 Å². The lowest BCUT2D eigenvalue weighted by Gasteiger charge is -2.29. The van der Waals surface area contributed by atoms with Crippen LogP contribution in [0.15, 0.2) is 30.3 Å². The maximum atomic E-state index is 12.2. The minimum atomic E-state index is -2.09. The fraction of sp³-hybridized carbons (Fsp3) is 0.429. The van der Waals surface area contributed by atoms with E-state index >= 15 is 0 Å². The molecule has 0 saturated heterocycles. The number of benzene rings is 1. The number of esters is 1. The molecule has 1 aromatic rings. The van der Waals surface area contributed by atoms with Gasteiger partial charge in [-0.15, -0.1) is 0 Å². The molecule has 2 atom stereocenters. The van der Waals surface area contributed by atoms with Gasteiger partial charge in [0.25, 0.3) is 0 Å². The molecule has 0 amide bonds. The molecule has 0 aromatic heterocycles. The van der Waals surface area contributed by atoms with Crippen LogP contribution in [0.4, 0.5) is 0 Å². The van der Waals surface area contributed by atoms with Crippen molar-refractivity contribution >= 4 is 20.0 Å². The molecule has 5 nitrogen and oxygen atoms in total. The fourth-order valence-electron chi connectivity index (χ4n) is 2.00. The quantitative estimate of drug-likeness (QED) is 0.617. The highest BCUT2D eigenvalue weighted by Crippen LogP contribution is 2.27. The molecule has 0 aliphatic carbocycles. The van der Waals surface area contributed by atoms with E-state index in [0.717, 1.165) is 5.56 Å². The topological polar surface area (TPSA) is 89.6 Å². The molecule has 0 saturated carbocycles. The van der Waals surface area contributed by atoms with Crippen LogP contribution in [-0.4, -0.2) is 31.2 Å². The third kappa shape index (κ3) is 4.46. The number of carboxylic acid groups (broad SMARTS) is 1. The summed E-state index contributed by atoms with van der Waals surface area (Å²) in [7, 11) is -2.09. The van der Waals surface area contributed by atoms with Crippen molar-refractivity contribution in [3.05, 3.63) is 35.9 Å². The minimum Gasteiger partial charge on any atom is -0.480 e. The van der Waals surface area contributed by atoms with E-state index in [2.05, 4.69) is 0 Å². The molecule has 20 heavy (non-hydrogen) atoms. The van der Waals surface area contributed by atoms with Crippen LogP contribution in [0.5, 0.6) is 0 Å². The Labute approximate surface area is 119 Å². The second kappa shape index (κ2) is 6.67. The average Bonchev–Trinajstić information content (AvgIpc) is 2.36. The number of hydrogen-bond acceptors (Lipinski definition) is 4. The molecule has 1 rings (SSSR count). The van der Waals surface area contributed by atoms with E-state index in [1.807, 2.05) is 50.0 Å². The number of carbonyl (C=O) groups is 2. The highest BCUT2D eigenvalue weighted by atomic mass is 28.3. The molecule has 3 N–H and O–H groups in total. The maximum absolute atomic E-state index is 12.2. The van der Waals surface area contributed by atoms with Gasteiger partial charge in [-0.2, -0.15) is 0 Å². The lowest BCUT2D eigenvalue weighted by molar-refractivity contribution is -0.149. The second-order valence-corrected chi connectivity index (χ2v) is 11.2. The van der Waals surface area contributed by atoms with E-state index in [9.17, 15) is 9.59 Å². The SMILES string of the molecule is C[Si](C)(C)C(C(=O)OCc1ccccc1)C(N)C(=O)O. The summed E-state index contributed by atoms with van der Waals surface area (Å²) in [6.07, 6.45) is 0. The summed E-state index contributed by atoms with van der Waals surface area (Å²) < 4.78 is 5.24. The summed E-state index contributed by atoms with van der Waals surface area (Å²) in [6.45, 7) is 5.85. The van der Waals surface area contributed by atoms with Gasteiger partial charge in [-0.1, -0.05) is 50.0 Å². The summed E-state index contributed by atoms with van der Waals surface area (Å²) in [5.74, 6) is -1.70. The Morgan fingerprint density at radius 3 is 2.25 bits per heavy atom. The lowest BCUT2D eigenvalue weighted by Crippen LogP contribution is -2.49. The summed E-state index contributed by atoms with van der Waals surface area (Å²) >= 11 is 0. The van der Waals surface area contributed by atoms with Crippen molar-refractivity contribution in [2.75, 3.05) is 0 Å². The van der Waals surface area contributed by atoms with Crippen molar-refractivity contribution in [3.63, 3.8) is 0 Å². The first kappa shape index (κ1) is 16.4. The first-order valence-corrected chi connectivity index (χ1v) is 10.00. The Bertz CT molecular complexity index is 470. The van der Waals surface area contributed by atoms with Crippen LogP contribution < -0.4 is 5.73 Å². The monoisotopic (exact) mass is 295 g/mol. The molecule has 0 spiro atoms. The Kier molecular flexibility index (Phi) is 5.47. The van der Waals surface area contributed by atoms with Crippen molar-refractivity contribution < 1.29 is 19.4 Å². The van der Waals surface area contributed by atoms with E-state index in [0.29, 0.717) is 0 Å². The van der Waals surface area contributed by atoms with E-state index in [1.165, 1.54) is 0 Å². The van der Waals surface area contributed by atoms with Crippen LogP contribution in [-0.2, 0) is 20.9 Å². The Hall–Kier alpha value is -1.66. The zero-order valence-electron chi connectivity index (χ0n) is 12.0. The van der Waals surface area contributed by atoms with Gasteiger partial charge in [-0.05, 0) is 5.56 Å². The molecule has 1 aromatic carbocycles. The van der Waals surface area contributed by atoms with Gasteiger partial charge in [0.1, 0.15) is 12.6 Å². The zero-order valence-corrected chi connectivity index (χ0v) is 13.0. The van der Waals surface area contributed by atoms with Crippen molar-refractivity contribution in [1.29, 1.82) is 0 Å².